The summed E-state index contributed by atoms with van der Waals surface area (Å²) in [6.45, 7) is 0.667. The van der Waals surface area contributed by atoms with Gasteiger partial charge in [-0.3, -0.25) is 4.79 Å². The maximum Gasteiger partial charge on any atom is 0.251 e. The lowest BCUT2D eigenvalue weighted by molar-refractivity contribution is 0.0729. The third-order valence-electron chi connectivity index (χ3n) is 3.39. The molecule has 6 nitrogen and oxygen atoms in total. The molecule has 2 aromatic rings. The number of aromatic amines is 1. The van der Waals surface area contributed by atoms with E-state index in [-0.39, 0.29) is 37.2 Å². The number of H-pyrrole nitrogens is 1. The van der Waals surface area contributed by atoms with Crippen LogP contribution in [0.25, 0.3) is 10.9 Å². The monoisotopic (exact) mass is 312 g/mol. The summed E-state index contributed by atoms with van der Waals surface area (Å²) in [5, 5.41) is 0.144. The fourth-order valence-electron chi connectivity index (χ4n) is 2.33. The van der Waals surface area contributed by atoms with Gasteiger partial charge in [-0.15, -0.1) is 0 Å². The fraction of sp³-hybridized carbons (Fsp3) is 0.308. The summed E-state index contributed by atoms with van der Waals surface area (Å²) < 4.78 is 45.2. The summed E-state index contributed by atoms with van der Waals surface area (Å²) >= 11 is 0. The fourth-order valence-corrected chi connectivity index (χ4v) is 3.84. The first-order valence-electron chi connectivity index (χ1n) is 6.40. The van der Waals surface area contributed by atoms with Crippen molar-refractivity contribution >= 4 is 20.9 Å². The molecule has 1 aromatic heterocycles. The van der Waals surface area contributed by atoms with Crippen molar-refractivity contribution in [2.75, 3.05) is 26.3 Å². The quantitative estimate of drug-likeness (QED) is 0.827. The maximum atomic E-state index is 14.1. The number of halogens is 1. The lowest BCUT2D eigenvalue weighted by Gasteiger charge is -2.25. The van der Waals surface area contributed by atoms with Crippen molar-refractivity contribution in [1.29, 1.82) is 0 Å². The van der Waals surface area contributed by atoms with Gasteiger partial charge in [0.25, 0.3) is 10.0 Å². The van der Waals surface area contributed by atoms with E-state index in [1.807, 2.05) is 0 Å². The molecule has 8 heteroatoms. The van der Waals surface area contributed by atoms with Gasteiger partial charge in [-0.05, 0) is 12.1 Å². The molecule has 1 aliphatic rings. The summed E-state index contributed by atoms with van der Waals surface area (Å²) in [6.07, 6.45) is 0. The van der Waals surface area contributed by atoms with E-state index in [0.29, 0.717) is 0 Å². The van der Waals surface area contributed by atoms with Crippen LogP contribution in [-0.4, -0.2) is 44.0 Å². The van der Waals surface area contributed by atoms with Gasteiger partial charge in [0.2, 0.25) is 11.4 Å². The molecule has 0 radical (unpaired) electrons. The van der Waals surface area contributed by atoms with Crippen molar-refractivity contribution in [1.82, 2.24) is 9.29 Å². The molecule has 0 atom stereocenters. The zero-order valence-corrected chi connectivity index (χ0v) is 11.8. The van der Waals surface area contributed by atoms with Crippen LogP contribution >= 0.6 is 0 Å². The Hall–Kier alpha value is -1.77. The third-order valence-corrected chi connectivity index (χ3v) is 5.32. The predicted molar refractivity (Wildman–Crippen MR) is 74.1 cm³/mol. The molecule has 0 spiro atoms. The zero-order chi connectivity index (χ0) is 15.0. The second-order valence-corrected chi connectivity index (χ2v) is 6.53. The highest BCUT2D eigenvalue weighted by Crippen LogP contribution is 2.19. The van der Waals surface area contributed by atoms with Gasteiger partial charge >= 0.3 is 0 Å². The van der Waals surface area contributed by atoms with Gasteiger partial charge < -0.3 is 9.72 Å². The number of benzene rings is 1. The molecule has 1 aliphatic heterocycles. The van der Waals surface area contributed by atoms with Crippen LogP contribution < -0.4 is 5.43 Å². The Morgan fingerprint density at radius 2 is 1.86 bits per heavy atom. The highest BCUT2D eigenvalue weighted by molar-refractivity contribution is 7.89. The number of sulfonamides is 1. The minimum Gasteiger partial charge on any atom is -0.379 e. The first kappa shape index (κ1) is 14.2. The average Bonchev–Trinajstić information content (AvgIpc) is 2.48. The molecule has 0 saturated carbocycles. The number of para-hydroxylation sites is 1. The van der Waals surface area contributed by atoms with Gasteiger partial charge in [-0.1, -0.05) is 12.1 Å². The summed E-state index contributed by atoms with van der Waals surface area (Å²) in [4.78, 5) is 13.9. The maximum absolute atomic E-state index is 14.1. The molecular weight excluding hydrogens is 299 g/mol. The van der Waals surface area contributed by atoms with E-state index >= 15 is 0 Å². The van der Waals surface area contributed by atoms with E-state index in [9.17, 15) is 17.6 Å². The molecule has 0 aliphatic carbocycles. The lowest BCUT2D eigenvalue weighted by atomic mass is 10.2. The summed E-state index contributed by atoms with van der Waals surface area (Å²) in [6, 6.07) is 6.21. The molecule has 0 bridgehead atoms. The predicted octanol–water partition coefficient (Wildman–Crippen LogP) is 0.688. The second kappa shape index (κ2) is 5.21. The van der Waals surface area contributed by atoms with Crippen molar-refractivity contribution < 1.29 is 17.5 Å². The Labute approximate surface area is 120 Å². The van der Waals surface area contributed by atoms with E-state index < -0.39 is 26.3 Å². The van der Waals surface area contributed by atoms with Crippen molar-refractivity contribution in [3.8, 4) is 0 Å². The minimum atomic E-state index is -4.18. The molecule has 2 heterocycles. The van der Waals surface area contributed by atoms with Crippen molar-refractivity contribution in [2.45, 2.75) is 4.90 Å². The summed E-state index contributed by atoms with van der Waals surface area (Å²) in [5.41, 5.74) is -0.561. The number of hydrogen-bond acceptors (Lipinski definition) is 4. The molecule has 112 valence electrons. The number of aromatic nitrogens is 1. The van der Waals surface area contributed by atoms with E-state index in [1.165, 1.54) is 12.1 Å². The molecule has 1 aromatic carbocycles. The summed E-state index contributed by atoms with van der Waals surface area (Å²) in [5.74, 6) is -1.13. The molecule has 0 unspecified atom stereocenters. The number of rotatable bonds is 2. The topological polar surface area (TPSA) is 79.5 Å². The van der Waals surface area contributed by atoms with E-state index in [0.717, 1.165) is 4.31 Å². The van der Waals surface area contributed by atoms with E-state index in [1.54, 1.807) is 12.1 Å². The van der Waals surface area contributed by atoms with Gasteiger partial charge in [0.15, 0.2) is 4.90 Å². The molecular formula is C13H13FN2O4S. The van der Waals surface area contributed by atoms with Gasteiger partial charge in [0.05, 0.1) is 18.7 Å². The van der Waals surface area contributed by atoms with Crippen LogP contribution in [0.4, 0.5) is 4.39 Å². The van der Waals surface area contributed by atoms with Crippen molar-refractivity contribution in [3.63, 3.8) is 0 Å². The van der Waals surface area contributed by atoms with Crippen LogP contribution in [0.15, 0.2) is 34.0 Å². The number of pyridine rings is 1. The largest absolute Gasteiger partial charge is 0.379 e. The smallest absolute Gasteiger partial charge is 0.251 e. The minimum absolute atomic E-state index is 0.105. The molecule has 21 heavy (non-hydrogen) atoms. The van der Waals surface area contributed by atoms with Gasteiger partial charge in [-0.2, -0.15) is 8.70 Å². The summed E-state index contributed by atoms with van der Waals surface area (Å²) in [7, 11) is -4.18. The van der Waals surface area contributed by atoms with Crippen LogP contribution in [0.1, 0.15) is 0 Å². The van der Waals surface area contributed by atoms with Crippen molar-refractivity contribution in [2.24, 2.45) is 0 Å². The van der Waals surface area contributed by atoms with E-state index in [4.69, 9.17) is 4.74 Å². The van der Waals surface area contributed by atoms with Crippen LogP contribution in [0.2, 0.25) is 0 Å². The normalized spacial score (nSPS) is 17.2. The van der Waals surface area contributed by atoms with Crippen LogP contribution in [0, 0.1) is 5.95 Å². The lowest BCUT2D eigenvalue weighted by Crippen LogP contribution is -2.42. The number of hydrogen-bond donors (Lipinski definition) is 1. The Kier molecular flexibility index (Phi) is 3.52. The van der Waals surface area contributed by atoms with E-state index in [2.05, 4.69) is 4.98 Å². The third kappa shape index (κ3) is 2.35. The van der Waals surface area contributed by atoms with Gasteiger partial charge in [0.1, 0.15) is 0 Å². The van der Waals surface area contributed by atoms with Gasteiger partial charge in [0, 0.05) is 18.5 Å². The SMILES string of the molecule is O=c1c(S(=O)(=O)N2CCOCC2)c(F)[nH]c2ccccc12. The Morgan fingerprint density at radius 1 is 1.19 bits per heavy atom. The van der Waals surface area contributed by atoms with Gasteiger partial charge in [-0.25, -0.2) is 8.42 Å². The Balaban J connectivity index is 2.22. The van der Waals surface area contributed by atoms with Crippen LogP contribution in [0.3, 0.4) is 0 Å². The van der Waals surface area contributed by atoms with Crippen molar-refractivity contribution in [3.05, 3.63) is 40.4 Å². The number of nitrogens with zero attached hydrogens (tertiary/aromatic N) is 1. The Morgan fingerprint density at radius 3 is 2.57 bits per heavy atom. The zero-order valence-electron chi connectivity index (χ0n) is 11.0. The number of fused-ring (bicyclic) bond motifs is 1. The second-order valence-electron chi connectivity index (χ2n) is 4.66. The number of nitrogens with one attached hydrogen (secondary N) is 1. The average molecular weight is 312 g/mol. The van der Waals surface area contributed by atoms with Crippen LogP contribution in [0.5, 0.6) is 0 Å². The number of ether oxygens (including phenoxy) is 1. The highest BCUT2D eigenvalue weighted by Gasteiger charge is 2.32. The van der Waals surface area contributed by atoms with Crippen LogP contribution in [-0.2, 0) is 14.8 Å². The molecule has 0 amide bonds. The standard InChI is InChI=1S/C13H13FN2O4S/c14-13-12(21(18,19)16-5-7-20-8-6-16)11(17)9-3-1-2-4-10(9)15-13/h1-4H,5-8H2,(H,15,17). The number of morpholine rings is 1. The molecule has 1 fully saturated rings. The Bertz CT molecular complexity index is 841. The first-order chi connectivity index (χ1) is 10.0. The molecule has 3 rings (SSSR count). The molecule has 1 N–H and O–H groups in total. The highest BCUT2D eigenvalue weighted by atomic mass is 32.2. The molecule has 1 saturated heterocycles. The first-order valence-corrected chi connectivity index (χ1v) is 7.84.